The maximum absolute atomic E-state index is 14.4. The van der Waals surface area contributed by atoms with Gasteiger partial charge in [-0.05, 0) is 54.8 Å². The zero-order valence-corrected chi connectivity index (χ0v) is 27.1. The Kier molecular flexibility index (Phi) is 12.4. The predicted molar refractivity (Wildman–Crippen MR) is 168 cm³/mol. The number of benzene rings is 3. The highest BCUT2D eigenvalue weighted by molar-refractivity contribution is 7.92. The lowest BCUT2D eigenvalue weighted by atomic mass is 10.1. The highest BCUT2D eigenvalue weighted by atomic mass is 32.2. The summed E-state index contributed by atoms with van der Waals surface area (Å²) in [6.07, 6.45) is 0.925. The second-order valence-electron chi connectivity index (χ2n) is 9.93. The van der Waals surface area contributed by atoms with Crippen LogP contribution >= 0.6 is 0 Å². The quantitative estimate of drug-likeness (QED) is 0.243. The van der Waals surface area contributed by atoms with E-state index in [2.05, 4.69) is 5.32 Å². The van der Waals surface area contributed by atoms with Gasteiger partial charge in [0.2, 0.25) is 11.8 Å². The largest absolute Gasteiger partial charge is 0.497 e. The van der Waals surface area contributed by atoms with Crippen molar-refractivity contribution in [1.29, 1.82) is 0 Å². The van der Waals surface area contributed by atoms with Crippen LogP contribution in [0.1, 0.15) is 32.3 Å². The fourth-order valence-corrected chi connectivity index (χ4v) is 6.11. The molecule has 0 fully saturated rings. The lowest BCUT2D eigenvalue weighted by molar-refractivity contribution is -0.140. The summed E-state index contributed by atoms with van der Waals surface area (Å²) in [5.74, 6) is -0.562. The van der Waals surface area contributed by atoms with Gasteiger partial charge in [-0.1, -0.05) is 26.0 Å². The van der Waals surface area contributed by atoms with Gasteiger partial charge >= 0.3 is 0 Å². The van der Waals surface area contributed by atoms with E-state index in [1.54, 1.807) is 13.0 Å². The number of ether oxygens (including phenoxy) is 4. The Labute approximate surface area is 263 Å². The molecule has 0 aliphatic carbocycles. The summed E-state index contributed by atoms with van der Waals surface area (Å²) in [5, 5.41) is 2.82. The molecule has 0 saturated carbocycles. The monoisotopic (exact) mass is 645 g/mol. The van der Waals surface area contributed by atoms with Crippen molar-refractivity contribution < 1.29 is 41.3 Å². The van der Waals surface area contributed by atoms with Crippen LogP contribution in [-0.2, 0) is 26.2 Å². The highest BCUT2D eigenvalue weighted by Gasteiger charge is 2.35. The first-order valence-electron chi connectivity index (χ1n) is 14.3. The van der Waals surface area contributed by atoms with Gasteiger partial charge in [0.25, 0.3) is 10.0 Å². The van der Waals surface area contributed by atoms with E-state index in [0.29, 0.717) is 30.0 Å². The van der Waals surface area contributed by atoms with E-state index in [4.69, 9.17) is 18.9 Å². The van der Waals surface area contributed by atoms with Crippen LogP contribution < -0.4 is 28.6 Å². The van der Waals surface area contributed by atoms with Gasteiger partial charge in [-0.2, -0.15) is 0 Å². The first-order valence-corrected chi connectivity index (χ1v) is 15.8. The van der Waals surface area contributed by atoms with Crippen molar-refractivity contribution in [3.8, 4) is 23.0 Å². The van der Waals surface area contributed by atoms with Crippen molar-refractivity contribution in [1.82, 2.24) is 10.2 Å². The molecule has 2 amide bonds. The maximum atomic E-state index is 14.4. The van der Waals surface area contributed by atoms with Gasteiger partial charge in [0, 0.05) is 25.2 Å². The van der Waals surface area contributed by atoms with Gasteiger partial charge in [-0.3, -0.25) is 13.9 Å². The van der Waals surface area contributed by atoms with Crippen LogP contribution in [0.25, 0.3) is 0 Å². The van der Waals surface area contributed by atoms with Gasteiger partial charge in [0.05, 0.1) is 39.0 Å². The predicted octanol–water partition coefficient (Wildman–Crippen LogP) is 4.39. The van der Waals surface area contributed by atoms with Crippen LogP contribution in [0.5, 0.6) is 23.0 Å². The van der Waals surface area contributed by atoms with E-state index in [9.17, 15) is 22.4 Å². The van der Waals surface area contributed by atoms with Crippen molar-refractivity contribution >= 4 is 27.5 Å². The van der Waals surface area contributed by atoms with Crippen LogP contribution in [-0.4, -0.2) is 72.7 Å². The molecule has 11 nitrogen and oxygen atoms in total. The molecule has 45 heavy (non-hydrogen) atoms. The summed E-state index contributed by atoms with van der Waals surface area (Å²) in [6, 6.07) is 13.2. The molecular formula is C32H40FN3O8S. The molecule has 0 heterocycles. The maximum Gasteiger partial charge on any atom is 0.265 e. The third kappa shape index (κ3) is 8.35. The number of nitrogens with one attached hydrogen (secondary N) is 1. The summed E-state index contributed by atoms with van der Waals surface area (Å²) in [7, 11) is 1.13. The van der Waals surface area contributed by atoms with Crippen LogP contribution in [0, 0.1) is 5.82 Å². The average molecular weight is 646 g/mol. The van der Waals surface area contributed by atoms with Gasteiger partial charge in [0.1, 0.15) is 29.9 Å². The van der Waals surface area contributed by atoms with Crippen molar-refractivity contribution in [2.24, 2.45) is 0 Å². The molecule has 244 valence electrons. The van der Waals surface area contributed by atoms with Gasteiger partial charge in [-0.15, -0.1) is 0 Å². The van der Waals surface area contributed by atoms with Crippen molar-refractivity contribution in [2.45, 2.75) is 44.2 Å². The smallest absolute Gasteiger partial charge is 0.265 e. The van der Waals surface area contributed by atoms with Gasteiger partial charge in [-0.25, -0.2) is 12.8 Å². The van der Waals surface area contributed by atoms with E-state index < -0.39 is 34.3 Å². The number of hydrogen-bond acceptors (Lipinski definition) is 8. The molecule has 3 rings (SSSR count). The third-order valence-electron chi connectivity index (χ3n) is 7.08. The Hall–Kier alpha value is -4.52. The van der Waals surface area contributed by atoms with E-state index in [1.165, 1.54) is 87.9 Å². The Balaban J connectivity index is 2.18. The molecule has 0 spiro atoms. The summed E-state index contributed by atoms with van der Waals surface area (Å²) < 4.78 is 64.9. The van der Waals surface area contributed by atoms with Crippen molar-refractivity contribution in [3.63, 3.8) is 0 Å². The van der Waals surface area contributed by atoms with Crippen molar-refractivity contribution in [2.75, 3.05) is 45.8 Å². The molecule has 0 bridgehead atoms. The second-order valence-corrected chi connectivity index (χ2v) is 11.8. The molecule has 0 aliphatic heterocycles. The number of carbonyl (C=O) groups excluding carboxylic acids is 2. The van der Waals surface area contributed by atoms with E-state index >= 15 is 0 Å². The standard InChI is InChI=1S/C32H40FN3O8S/c1-7-17-34-32(38)26(8-2)35(20-22-9-11-23(33)12-10-22)31(37)21-36(27-18-24(41-3)13-15-28(27)42-4)45(39,40)25-14-16-29(43-5)30(19-25)44-6/h9-16,18-19,26H,7-8,17,20-21H2,1-6H3,(H,34,38)/t26-/m1/s1. The zero-order chi connectivity index (χ0) is 33.1. The average Bonchev–Trinajstić information content (AvgIpc) is 3.05. The Morgan fingerprint density at radius 2 is 1.49 bits per heavy atom. The molecule has 3 aromatic rings. The molecule has 0 radical (unpaired) electrons. The van der Waals surface area contributed by atoms with E-state index in [1.807, 2.05) is 6.92 Å². The first kappa shape index (κ1) is 35.0. The minimum absolute atomic E-state index is 0.0326. The molecule has 0 aromatic heterocycles. The van der Waals surface area contributed by atoms with Gasteiger partial charge < -0.3 is 29.2 Å². The van der Waals surface area contributed by atoms with Crippen LogP contribution in [0.3, 0.4) is 0 Å². The lowest BCUT2D eigenvalue weighted by Gasteiger charge is -2.33. The lowest BCUT2D eigenvalue weighted by Crippen LogP contribution is -2.52. The Morgan fingerprint density at radius 3 is 2.07 bits per heavy atom. The summed E-state index contributed by atoms with van der Waals surface area (Å²) in [5.41, 5.74) is 0.588. The van der Waals surface area contributed by atoms with E-state index in [0.717, 1.165) is 4.31 Å². The number of sulfonamides is 1. The second kappa shape index (κ2) is 16.0. The minimum atomic E-state index is -4.48. The number of halogens is 1. The molecule has 0 unspecified atom stereocenters. The first-order chi connectivity index (χ1) is 21.5. The SMILES string of the molecule is CCCNC(=O)[C@@H](CC)N(Cc1ccc(F)cc1)C(=O)CN(c1cc(OC)ccc1OC)S(=O)(=O)c1ccc(OC)c(OC)c1. The normalized spacial score (nSPS) is 11.7. The molecule has 1 N–H and O–H groups in total. The third-order valence-corrected chi connectivity index (χ3v) is 8.83. The summed E-state index contributed by atoms with van der Waals surface area (Å²) in [6.45, 7) is 3.27. The number of hydrogen-bond donors (Lipinski definition) is 1. The van der Waals surface area contributed by atoms with Crippen LogP contribution in [0.15, 0.2) is 65.6 Å². The molecule has 3 aromatic carbocycles. The van der Waals surface area contributed by atoms with Crippen LogP contribution in [0.4, 0.5) is 10.1 Å². The summed E-state index contributed by atoms with van der Waals surface area (Å²) in [4.78, 5) is 28.7. The molecular weight excluding hydrogens is 605 g/mol. The Bertz CT molecular complexity index is 1570. The van der Waals surface area contributed by atoms with E-state index in [-0.39, 0.29) is 41.0 Å². The number of amides is 2. The summed E-state index contributed by atoms with van der Waals surface area (Å²) >= 11 is 0. The van der Waals surface area contributed by atoms with Crippen molar-refractivity contribution in [3.05, 3.63) is 72.0 Å². The number of carbonyl (C=O) groups is 2. The Morgan fingerprint density at radius 1 is 0.844 bits per heavy atom. The fraction of sp³-hybridized carbons (Fsp3) is 0.375. The number of nitrogens with zero attached hydrogens (tertiary/aromatic N) is 2. The number of anilines is 1. The minimum Gasteiger partial charge on any atom is -0.497 e. The molecule has 1 atom stereocenters. The van der Waals surface area contributed by atoms with Gasteiger partial charge in [0.15, 0.2) is 11.5 Å². The number of rotatable bonds is 16. The molecule has 0 saturated heterocycles. The van der Waals surface area contributed by atoms with Crippen LogP contribution in [0.2, 0.25) is 0 Å². The molecule has 13 heteroatoms. The fourth-order valence-electron chi connectivity index (χ4n) is 4.68. The topological polar surface area (TPSA) is 124 Å². The number of methoxy groups -OCH3 is 4. The highest BCUT2D eigenvalue weighted by Crippen LogP contribution is 2.38. The zero-order valence-electron chi connectivity index (χ0n) is 26.3. The molecule has 0 aliphatic rings.